The summed E-state index contributed by atoms with van der Waals surface area (Å²) in [4.78, 5) is 23.4. The molecule has 2 aliphatic carbocycles. The molecule has 0 aromatic heterocycles. The zero-order valence-corrected chi connectivity index (χ0v) is 16.3. The first-order valence-corrected chi connectivity index (χ1v) is 9.73. The van der Waals surface area contributed by atoms with Gasteiger partial charge in [-0.25, -0.2) is 0 Å². The molecule has 1 saturated heterocycles. The standard InChI is InChI=1S/C20H31NO6/c1-10(2)12-6-5-11(3)20(12)9-14(22)19(4)16(27-19)17(20)26-18(25)13(21)7-8-15(23)24/h11-14,16-17,22H,1,5-9,21H2,2-4H3,(H,23,24)/t11-,12-,13+,14-,16+,17-,19-,20+/m0/s1. The van der Waals surface area contributed by atoms with Crippen molar-refractivity contribution in [1.29, 1.82) is 0 Å². The molecule has 152 valence electrons. The molecule has 7 heteroatoms. The Morgan fingerprint density at radius 1 is 1.41 bits per heavy atom. The number of hydrogen-bond acceptors (Lipinski definition) is 6. The first-order chi connectivity index (χ1) is 12.5. The highest BCUT2D eigenvalue weighted by atomic mass is 16.7. The summed E-state index contributed by atoms with van der Waals surface area (Å²) in [5.74, 6) is -1.24. The van der Waals surface area contributed by atoms with Gasteiger partial charge < -0.3 is 25.4 Å². The van der Waals surface area contributed by atoms with Crippen LogP contribution in [0, 0.1) is 17.3 Å². The fourth-order valence-electron chi connectivity index (χ4n) is 5.41. The maximum Gasteiger partial charge on any atom is 0.323 e. The first kappa shape index (κ1) is 20.3. The molecule has 3 rings (SSSR count). The lowest BCUT2D eigenvalue weighted by Gasteiger charge is -2.49. The molecule has 0 unspecified atom stereocenters. The molecule has 0 bridgehead atoms. The Kier molecular flexibility index (Phi) is 5.16. The van der Waals surface area contributed by atoms with Crippen molar-refractivity contribution in [3.8, 4) is 0 Å². The normalized spacial score (nSPS) is 43.8. The molecule has 1 heterocycles. The zero-order valence-electron chi connectivity index (χ0n) is 16.3. The van der Waals surface area contributed by atoms with E-state index in [-0.39, 0.29) is 30.8 Å². The monoisotopic (exact) mass is 381 g/mol. The van der Waals surface area contributed by atoms with Gasteiger partial charge in [-0.05, 0) is 51.4 Å². The fourth-order valence-corrected chi connectivity index (χ4v) is 5.41. The number of nitrogens with two attached hydrogens (primary N) is 1. The highest BCUT2D eigenvalue weighted by molar-refractivity contribution is 5.77. The Hall–Kier alpha value is -1.44. The molecule has 7 nitrogen and oxygen atoms in total. The molecule has 0 amide bonds. The van der Waals surface area contributed by atoms with E-state index in [1.54, 1.807) is 0 Å². The number of carboxylic acid groups (broad SMARTS) is 1. The van der Waals surface area contributed by atoms with Gasteiger partial charge in [0.15, 0.2) is 0 Å². The third-order valence-corrected chi connectivity index (χ3v) is 7.17. The van der Waals surface area contributed by atoms with Gasteiger partial charge in [-0.15, -0.1) is 0 Å². The quantitative estimate of drug-likeness (QED) is 0.363. The Bertz CT molecular complexity index is 650. The molecular formula is C20H31NO6. The van der Waals surface area contributed by atoms with Gasteiger partial charge in [0.25, 0.3) is 0 Å². The van der Waals surface area contributed by atoms with Crippen LogP contribution in [-0.2, 0) is 19.1 Å². The number of epoxide rings is 1. The smallest absolute Gasteiger partial charge is 0.323 e. The number of aliphatic carboxylic acids is 1. The second kappa shape index (κ2) is 6.87. The van der Waals surface area contributed by atoms with Crippen LogP contribution in [-0.4, -0.2) is 52.1 Å². The zero-order chi connectivity index (χ0) is 20.1. The van der Waals surface area contributed by atoms with E-state index in [4.69, 9.17) is 20.3 Å². The van der Waals surface area contributed by atoms with Crippen LogP contribution in [0.4, 0.5) is 0 Å². The van der Waals surface area contributed by atoms with Gasteiger partial charge in [0, 0.05) is 11.8 Å². The van der Waals surface area contributed by atoms with E-state index < -0.39 is 41.2 Å². The summed E-state index contributed by atoms with van der Waals surface area (Å²) in [6.45, 7) is 10.1. The number of carbonyl (C=O) groups is 2. The number of allylic oxidation sites excluding steroid dienone is 1. The fraction of sp³-hybridized carbons (Fsp3) is 0.800. The Morgan fingerprint density at radius 3 is 2.67 bits per heavy atom. The van der Waals surface area contributed by atoms with Crippen molar-refractivity contribution in [3.05, 3.63) is 12.2 Å². The van der Waals surface area contributed by atoms with E-state index in [1.165, 1.54) is 0 Å². The lowest BCUT2D eigenvalue weighted by atomic mass is 9.58. The number of esters is 1. The minimum atomic E-state index is -1.000. The molecule has 0 aromatic carbocycles. The molecule has 3 aliphatic rings. The average molecular weight is 381 g/mol. The molecule has 4 N–H and O–H groups in total. The molecule has 1 aliphatic heterocycles. The minimum Gasteiger partial charge on any atom is -0.481 e. The summed E-state index contributed by atoms with van der Waals surface area (Å²) >= 11 is 0. The Morgan fingerprint density at radius 2 is 2.07 bits per heavy atom. The average Bonchev–Trinajstić information content (AvgIpc) is 3.18. The van der Waals surface area contributed by atoms with Gasteiger partial charge >= 0.3 is 11.9 Å². The summed E-state index contributed by atoms with van der Waals surface area (Å²) in [7, 11) is 0. The molecule has 1 spiro atoms. The topological polar surface area (TPSA) is 122 Å². The Labute approximate surface area is 159 Å². The summed E-state index contributed by atoms with van der Waals surface area (Å²) < 4.78 is 11.7. The highest BCUT2D eigenvalue weighted by Crippen LogP contribution is 2.65. The van der Waals surface area contributed by atoms with E-state index in [1.807, 2.05) is 13.8 Å². The largest absolute Gasteiger partial charge is 0.481 e. The summed E-state index contributed by atoms with van der Waals surface area (Å²) in [6.07, 6.45) is 0.708. The summed E-state index contributed by atoms with van der Waals surface area (Å²) in [6, 6.07) is -0.991. The van der Waals surface area contributed by atoms with Gasteiger partial charge in [-0.3, -0.25) is 9.59 Å². The summed E-state index contributed by atoms with van der Waals surface area (Å²) in [5.41, 5.74) is 5.75. The van der Waals surface area contributed by atoms with Crippen molar-refractivity contribution in [1.82, 2.24) is 0 Å². The van der Waals surface area contributed by atoms with E-state index in [0.717, 1.165) is 18.4 Å². The predicted molar refractivity (Wildman–Crippen MR) is 97.8 cm³/mol. The number of ether oxygens (including phenoxy) is 2. The van der Waals surface area contributed by atoms with Crippen LogP contribution in [0.15, 0.2) is 12.2 Å². The number of aliphatic hydroxyl groups excluding tert-OH is 1. The van der Waals surface area contributed by atoms with Crippen molar-refractivity contribution >= 4 is 11.9 Å². The molecule has 3 fully saturated rings. The lowest BCUT2D eigenvalue weighted by Crippen LogP contribution is -2.58. The van der Waals surface area contributed by atoms with Gasteiger partial charge in [0.05, 0.1) is 6.10 Å². The van der Waals surface area contributed by atoms with Crippen LogP contribution in [0.5, 0.6) is 0 Å². The van der Waals surface area contributed by atoms with Crippen molar-refractivity contribution in [2.24, 2.45) is 23.0 Å². The highest BCUT2D eigenvalue weighted by Gasteiger charge is 2.74. The SMILES string of the molecule is C=C(C)[C@@H]1CC[C@H](C)[C@]12C[C@H](O)[C@]1(C)O[C@@H]1[C@@H]2OC(=O)[C@H](N)CCC(=O)O. The van der Waals surface area contributed by atoms with Crippen LogP contribution >= 0.6 is 0 Å². The van der Waals surface area contributed by atoms with Gasteiger partial charge in [-0.2, -0.15) is 0 Å². The molecule has 0 radical (unpaired) electrons. The van der Waals surface area contributed by atoms with E-state index in [0.29, 0.717) is 6.42 Å². The van der Waals surface area contributed by atoms with Gasteiger partial charge in [-0.1, -0.05) is 19.1 Å². The van der Waals surface area contributed by atoms with Crippen LogP contribution in [0.1, 0.15) is 52.9 Å². The molecule has 0 aromatic rings. The molecule has 2 saturated carbocycles. The van der Waals surface area contributed by atoms with Crippen LogP contribution < -0.4 is 5.73 Å². The molecule has 8 atom stereocenters. The van der Waals surface area contributed by atoms with Crippen LogP contribution in [0.3, 0.4) is 0 Å². The second-order valence-electron chi connectivity index (χ2n) is 8.83. The van der Waals surface area contributed by atoms with Crippen molar-refractivity contribution < 1.29 is 29.3 Å². The summed E-state index contributed by atoms with van der Waals surface area (Å²) in [5, 5.41) is 19.6. The molecular weight excluding hydrogens is 350 g/mol. The predicted octanol–water partition coefficient (Wildman–Crippen LogP) is 1.62. The molecule has 27 heavy (non-hydrogen) atoms. The van der Waals surface area contributed by atoms with Crippen molar-refractivity contribution in [2.45, 2.75) is 82.8 Å². The number of carbonyl (C=O) groups excluding carboxylic acids is 1. The van der Waals surface area contributed by atoms with Crippen molar-refractivity contribution in [3.63, 3.8) is 0 Å². The van der Waals surface area contributed by atoms with Crippen LogP contribution in [0.2, 0.25) is 0 Å². The Balaban J connectivity index is 1.87. The van der Waals surface area contributed by atoms with Gasteiger partial charge in [0.2, 0.25) is 0 Å². The number of carboxylic acids is 1. The minimum absolute atomic E-state index is 0.0266. The van der Waals surface area contributed by atoms with Crippen LogP contribution in [0.25, 0.3) is 0 Å². The van der Waals surface area contributed by atoms with Crippen molar-refractivity contribution in [2.75, 3.05) is 0 Å². The number of rotatable bonds is 6. The van der Waals surface area contributed by atoms with E-state index >= 15 is 0 Å². The number of fused-ring (bicyclic) bond motifs is 1. The first-order valence-electron chi connectivity index (χ1n) is 9.73. The van der Waals surface area contributed by atoms with E-state index in [2.05, 4.69) is 13.5 Å². The number of aliphatic hydroxyl groups is 1. The van der Waals surface area contributed by atoms with E-state index in [9.17, 15) is 14.7 Å². The second-order valence-corrected chi connectivity index (χ2v) is 8.83. The third-order valence-electron chi connectivity index (χ3n) is 7.17. The number of hydrogen-bond donors (Lipinski definition) is 3. The maximum absolute atomic E-state index is 12.6. The maximum atomic E-state index is 12.6. The third kappa shape index (κ3) is 3.19. The van der Waals surface area contributed by atoms with Gasteiger partial charge in [0.1, 0.15) is 23.9 Å². The lowest BCUT2D eigenvalue weighted by molar-refractivity contribution is -0.171.